The van der Waals surface area contributed by atoms with Crippen molar-refractivity contribution in [2.75, 3.05) is 26.2 Å². The third-order valence-corrected chi connectivity index (χ3v) is 4.03. The zero-order chi connectivity index (χ0) is 15.3. The number of rotatable bonds is 6. The zero-order valence-corrected chi connectivity index (χ0v) is 12.5. The number of hydrogen-bond acceptors (Lipinski definition) is 3. The maximum Gasteiger partial charge on any atom is 0.222 e. The number of ether oxygens (including phenoxy) is 1. The van der Waals surface area contributed by atoms with E-state index < -0.39 is 0 Å². The number of carbonyl (C=O) groups excluding carboxylic acids is 1. The summed E-state index contributed by atoms with van der Waals surface area (Å²) in [7, 11) is 0. The van der Waals surface area contributed by atoms with Gasteiger partial charge in [-0.1, -0.05) is 19.1 Å². The molecule has 1 aliphatic rings. The lowest BCUT2D eigenvalue weighted by atomic mass is 9.90. The SMILES string of the molecule is CC1(CN)CCN(C(=O)CCCOc2ccccc2F)C1. The van der Waals surface area contributed by atoms with Crippen LogP contribution in [-0.2, 0) is 4.79 Å². The molecule has 1 atom stereocenters. The van der Waals surface area contributed by atoms with E-state index in [2.05, 4.69) is 6.92 Å². The van der Waals surface area contributed by atoms with E-state index in [1.54, 1.807) is 18.2 Å². The first-order chi connectivity index (χ1) is 10.0. The molecule has 1 aliphatic heterocycles. The van der Waals surface area contributed by atoms with Crippen molar-refractivity contribution in [1.82, 2.24) is 4.90 Å². The standard InChI is InChI=1S/C16H23FN2O2/c1-16(11-18)8-9-19(12-16)15(20)7-4-10-21-14-6-3-2-5-13(14)17/h2-3,5-6H,4,7-12,18H2,1H3. The highest BCUT2D eigenvalue weighted by atomic mass is 19.1. The van der Waals surface area contributed by atoms with Crippen molar-refractivity contribution in [3.05, 3.63) is 30.1 Å². The molecule has 0 radical (unpaired) electrons. The van der Waals surface area contributed by atoms with Crippen LogP contribution in [0.1, 0.15) is 26.2 Å². The average Bonchev–Trinajstić information content (AvgIpc) is 2.88. The molecule has 4 nitrogen and oxygen atoms in total. The molecule has 1 aromatic rings. The van der Waals surface area contributed by atoms with Gasteiger partial charge in [0.1, 0.15) is 0 Å². The third-order valence-electron chi connectivity index (χ3n) is 4.03. The Bertz CT molecular complexity index is 495. The maximum absolute atomic E-state index is 13.3. The molecule has 1 aromatic carbocycles. The number of amides is 1. The van der Waals surface area contributed by atoms with Crippen LogP contribution in [0.3, 0.4) is 0 Å². The van der Waals surface area contributed by atoms with E-state index in [1.165, 1.54) is 6.07 Å². The molecule has 0 saturated carbocycles. The van der Waals surface area contributed by atoms with Crippen LogP contribution in [-0.4, -0.2) is 37.0 Å². The highest BCUT2D eigenvalue weighted by molar-refractivity contribution is 5.76. The monoisotopic (exact) mass is 294 g/mol. The summed E-state index contributed by atoms with van der Waals surface area (Å²) in [5, 5.41) is 0. The minimum Gasteiger partial charge on any atom is -0.491 e. The molecule has 116 valence electrons. The van der Waals surface area contributed by atoms with Crippen molar-refractivity contribution >= 4 is 5.91 Å². The van der Waals surface area contributed by atoms with E-state index in [0.29, 0.717) is 26.0 Å². The minimum absolute atomic E-state index is 0.0549. The highest BCUT2D eigenvalue weighted by Gasteiger charge is 2.34. The number of nitrogens with zero attached hydrogens (tertiary/aromatic N) is 1. The number of nitrogens with two attached hydrogens (primary N) is 1. The maximum atomic E-state index is 13.3. The number of likely N-dealkylation sites (tertiary alicyclic amines) is 1. The van der Waals surface area contributed by atoms with Crippen LogP contribution in [0.15, 0.2) is 24.3 Å². The molecule has 0 aliphatic carbocycles. The second-order valence-corrected chi connectivity index (χ2v) is 5.96. The van der Waals surface area contributed by atoms with Crippen molar-refractivity contribution in [3.8, 4) is 5.75 Å². The first-order valence-corrected chi connectivity index (χ1v) is 7.39. The van der Waals surface area contributed by atoms with Gasteiger partial charge in [0, 0.05) is 19.5 Å². The van der Waals surface area contributed by atoms with E-state index in [4.69, 9.17) is 10.5 Å². The molecule has 2 N–H and O–H groups in total. The van der Waals surface area contributed by atoms with E-state index in [1.807, 2.05) is 4.90 Å². The Hall–Kier alpha value is -1.62. The Kier molecular flexibility index (Phi) is 5.17. The number of halogens is 1. The molecule has 2 rings (SSSR count). The van der Waals surface area contributed by atoms with Crippen LogP contribution in [0.5, 0.6) is 5.75 Å². The Balaban J connectivity index is 1.70. The van der Waals surface area contributed by atoms with E-state index in [9.17, 15) is 9.18 Å². The van der Waals surface area contributed by atoms with Gasteiger partial charge < -0.3 is 15.4 Å². The molecule has 0 spiro atoms. The minimum atomic E-state index is -0.373. The van der Waals surface area contributed by atoms with Gasteiger partial charge in [0.05, 0.1) is 6.61 Å². The summed E-state index contributed by atoms with van der Waals surface area (Å²) in [6.45, 7) is 4.57. The van der Waals surface area contributed by atoms with Crippen molar-refractivity contribution in [1.29, 1.82) is 0 Å². The summed E-state index contributed by atoms with van der Waals surface area (Å²) in [5.74, 6) is -0.00628. The van der Waals surface area contributed by atoms with Crippen LogP contribution in [0.25, 0.3) is 0 Å². The summed E-state index contributed by atoms with van der Waals surface area (Å²) < 4.78 is 18.7. The lowest BCUT2D eigenvalue weighted by molar-refractivity contribution is -0.130. The number of benzene rings is 1. The molecule has 5 heteroatoms. The zero-order valence-electron chi connectivity index (χ0n) is 12.5. The second kappa shape index (κ2) is 6.89. The van der Waals surface area contributed by atoms with Gasteiger partial charge >= 0.3 is 0 Å². The molecular weight excluding hydrogens is 271 g/mol. The summed E-state index contributed by atoms with van der Waals surface area (Å²) >= 11 is 0. The molecule has 21 heavy (non-hydrogen) atoms. The van der Waals surface area contributed by atoms with E-state index in [0.717, 1.165) is 19.5 Å². The smallest absolute Gasteiger partial charge is 0.222 e. The predicted octanol–water partition coefficient (Wildman–Crippen LogP) is 2.18. The molecule has 1 unspecified atom stereocenters. The van der Waals surface area contributed by atoms with Crippen molar-refractivity contribution in [2.24, 2.45) is 11.1 Å². The largest absolute Gasteiger partial charge is 0.491 e. The number of hydrogen-bond donors (Lipinski definition) is 1. The molecule has 1 heterocycles. The lowest BCUT2D eigenvalue weighted by Crippen LogP contribution is -2.34. The quantitative estimate of drug-likeness (QED) is 0.818. The van der Waals surface area contributed by atoms with Gasteiger partial charge in [0.15, 0.2) is 11.6 Å². The van der Waals surface area contributed by atoms with Gasteiger partial charge in [-0.25, -0.2) is 4.39 Å². The fourth-order valence-corrected chi connectivity index (χ4v) is 2.53. The van der Waals surface area contributed by atoms with Crippen molar-refractivity contribution in [3.63, 3.8) is 0 Å². The van der Waals surface area contributed by atoms with Crippen LogP contribution in [0.2, 0.25) is 0 Å². The van der Waals surface area contributed by atoms with Crippen molar-refractivity contribution in [2.45, 2.75) is 26.2 Å². The first kappa shape index (κ1) is 15.8. The van der Waals surface area contributed by atoms with E-state index >= 15 is 0 Å². The summed E-state index contributed by atoms with van der Waals surface area (Å²) in [4.78, 5) is 14.0. The molecule has 1 fully saturated rings. The summed E-state index contributed by atoms with van der Waals surface area (Å²) in [6.07, 6.45) is 1.97. The molecule has 1 saturated heterocycles. The fraction of sp³-hybridized carbons (Fsp3) is 0.562. The normalized spacial score (nSPS) is 21.6. The van der Waals surface area contributed by atoms with Gasteiger partial charge in [-0.3, -0.25) is 4.79 Å². The predicted molar refractivity (Wildman–Crippen MR) is 79.5 cm³/mol. The molecular formula is C16H23FN2O2. The lowest BCUT2D eigenvalue weighted by Gasteiger charge is -2.22. The number of para-hydroxylation sites is 1. The molecule has 0 bridgehead atoms. The Morgan fingerprint density at radius 1 is 1.48 bits per heavy atom. The van der Waals surface area contributed by atoms with Gasteiger partial charge in [-0.2, -0.15) is 0 Å². The summed E-state index contributed by atoms with van der Waals surface area (Å²) in [6, 6.07) is 6.29. The average molecular weight is 294 g/mol. The van der Waals surface area contributed by atoms with Gasteiger partial charge in [-0.15, -0.1) is 0 Å². The van der Waals surface area contributed by atoms with Crippen LogP contribution < -0.4 is 10.5 Å². The Morgan fingerprint density at radius 2 is 2.24 bits per heavy atom. The first-order valence-electron chi connectivity index (χ1n) is 7.39. The van der Waals surface area contributed by atoms with Gasteiger partial charge in [0.2, 0.25) is 5.91 Å². The van der Waals surface area contributed by atoms with Gasteiger partial charge in [-0.05, 0) is 36.9 Å². The van der Waals surface area contributed by atoms with Gasteiger partial charge in [0.25, 0.3) is 0 Å². The van der Waals surface area contributed by atoms with Crippen LogP contribution >= 0.6 is 0 Å². The summed E-state index contributed by atoms with van der Waals surface area (Å²) in [5.41, 5.74) is 5.79. The third kappa shape index (κ3) is 4.17. The fourth-order valence-electron chi connectivity index (χ4n) is 2.53. The Morgan fingerprint density at radius 3 is 2.90 bits per heavy atom. The van der Waals surface area contributed by atoms with Crippen LogP contribution in [0.4, 0.5) is 4.39 Å². The second-order valence-electron chi connectivity index (χ2n) is 5.96. The van der Waals surface area contributed by atoms with Crippen molar-refractivity contribution < 1.29 is 13.9 Å². The Labute approximate surface area is 125 Å². The highest BCUT2D eigenvalue weighted by Crippen LogP contribution is 2.28. The number of carbonyl (C=O) groups is 1. The molecule has 1 amide bonds. The molecule has 0 aromatic heterocycles. The van der Waals surface area contributed by atoms with E-state index in [-0.39, 0.29) is 22.9 Å². The van der Waals surface area contributed by atoms with Crippen LogP contribution in [0, 0.1) is 11.2 Å². The topological polar surface area (TPSA) is 55.6 Å².